The van der Waals surface area contributed by atoms with Gasteiger partial charge in [0.25, 0.3) is 0 Å². The zero-order chi connectivity index (χ0) is 75.0. The van der Waals surface area contributed by atoms with Gasteiger partial charge in [-0.25, -0.2) is 24.0 Å². The Balaban J connectivity index is 0.000000269. The lowest BCUT2D eigenvalue weighted by Gasteiger charge is -2.21. The average Bonchev–Trinajstić information content (AvgIpc) is 0.858. The summed E-state index contributed by atoms with van der Waals surface area (Å²) >= 11 is 0. The van der Waals surface area contributed by atoms with E-state index in [0.29, 0.717) is 42.0 Å². The number of hydrogen-bond donors (Lipinski definition) is 0. The van der Waals surface area contributed by atoms with Crippen LogP contribution < -0.4 is 23.7 Å². The molecule has 0 radical (unpaired) electrons. The fraction of sp³-hybridized carbons (Fsp3) is 0.384. The van der Waals surface area contributed by atoms with E-state index in [9.17, 15) is 24.0 Å². The zero-order valence-corrected chi connectivity index (χ0v) is 63.1. The molecule has 0 heterocycles. The molecule has 0 aliphatic carbocycles. The SMILES string of the molecule is CC(C)(C)c1ccc(OCC(=O)OCc2ccccc2)cc1.CCOC(=O)C(C)Oc1ccc(C(C)(C)C)cc1.CCOC(=O)C(Oc1ccc(C(C)(C)C)cc1)c1ccccc1.COC(=O)C(Oc1ccc(C(C)(C)C)cc1)c1ccccc1.COC(=O)COc1ccc(C(C)(C)C)cc1. The quantitative estimate of drug-likeness (QED) is 0.0490. The first-order valence-electron chi connectivity index (χ1n) is 34.1. The monoisotopic (exact) mass is 1380 g/mol. The first-order valence-corrected chi connectivity index (χ1v) is 34.1. The lowest BCUT2D eigenvalue weighted by atomic mass is 9.87. The highest BCUT2D eigenvalue weighted by atomic mass is 16.6. The number of hydrogen-bond acceptors (Lipinski definition) is 15. The summed E-state index contributed by atoms with van der Waals surface area (Å²) in [5.74, 6) is 1.46. The zero-order valence-electron chi connectivity index (χ0n) is 63.1. The van der Waals surface area contributed by atoms with Crippen LogP contribution in [-0.4, -0.2) is 76.6 Å². The highest BCUT2D eigenvalue weighted by Gasteiger charge is 2.26. The molecule has 0 N–H and O–H groups in total. The number of methoxy groups -OCH3 is 2. The van der Waals surface area contributed by atoms with Crippen LogP contribution in [0.1, 0.15) is 181 Å². The van der Waals surface area contributed by atoms with E-state index in [1.807, 2.05) is 212 Å². The minimum atomic E-state index is -0.758. The summed E-state index contributed by atoms with van der Waals surface area (Å²) < 4.78 is 52.5. The van der Waals surface area contributed by atoms with Gasteiger partial charge in [-0.1, -0.05) is 256 Å². The second kappa shape index (κ2) is 40.4. The Kier molecular flexibility index (Phi) is 33.4. The third-order valence-corrected chi connectivity index (χ3v) is 15.3. The largest absolute Gasteiger partial charge is 0.482 e. The van der Waals surface area contributed by atoms with Crippen LogP contribution in [0.25, 0.3) is 0 Å². The van der Waals surface area contributed by atoms with E-state index >= 15 is 0 Å². The molecule has 8 aromatic carbocycles. The first kappa shape index (κ1) is 83.5. The van der Waals surface area contributed by atoms with Crippen molar-refractivity contribution >= 4 is 29.8 Å². The van der Waals surface area contributed by atoms with E-state index in [-0.39, 0.29) is 70.8 Å². The number of rotatable bonds is 21. The maximum Gasteiger partial charge on any atom is 0.352 e. The Morgan fingerprint density at radius 1 is 0.317 bits per heavy atom. The summed E-state index contributed by atoms with van der Waals surface area (Å²) in [5, 5.41) is 0. The van der Waals surface area contributed by atoms with Crippen molar-refractivity contribution in [3.63, 3.8) is 0 Å². The second-order valence-electron chi connectivity index (χ2n) is 28.8. The van der Waals surface area contributed by atoms with Crippen molar-refractivity contribution in [1.82, 2.24) is 0 Å². The van der Waals surface area contributed by atoms with Gasteiger partial charge in [-0.05, 0) is 142 Å². The number of carbonyl (C=O) groups is 5. The summed E-state index contributed by atoms with van der Waals surface area (Å²) in [6, 6.07) is 67.4. The van der Waals surface area contributed by atoms with E-state index in [1.54, 1.807) is 20.8 Å². The molecular weight excluding hydrogens is 1270 g/mol. The molecule has 0 saturated carbocycles. The smallest absolute Gasteiger partial charge is 0.352 e. The summed E-state index contributed by atoms with van der Waals surface area (Å²) in [4.78, 5) is 58.2. The normalized spacial score (nSPS) is 12.0. The number of esters is 5. The molecule has 0 spiro atoms. The van der Waals surface area contributed by atoms with Gasteiger partial charge in [0, 0.05) is 11.1 Å². The molecule has 15 heteroatoms. The van der Waals surface area contributed by atoms with Gasteiger partial charge >= 0.3 is 29.8 Å². The Labute approximate surface area is 601 Å². The number of ether oxygens (including phenoxy) is 10. The van der Waals surface area contributed by atoms with Gasteiger partial charge in [0.2, 0.25) is 12.2 Å². The standard InChI is InChI=1S/C20H24O3.2C19H22O3.C15H22O3.C13H18O3/c1-5-22-19(21)18(15-9-7-6-8-10-15)23-17-13-11-16(12-14-17)20(2,3)4;1-19(2,3)15-10-12-16(13-11-15)22-17(18(20)21-4)14-8-6-5-7-9-14;1-19(2,3)16-9-11-17(12-10-16)21-14-18(20)22-13-15-7-5-4-6-8-15;1-6-17-14(16)11(2)18-13-9-7-12(8-10-13)15(3,4)5;1-13(2,3)10-5-7-11(8-6-10)16-9-12(14)15-4/h6-14,18H,5H2,1-4H3;5-13,17H,1-4H3;4-12H,13-14H2,1-3H3;7-11H,6H2,1-5H3;5-8H,9H2,1-4H3. The predicted molar refractivity (Wildman–Crippen MR) is 400 cm³/mol. The van der Waals surface area contributed by atoms with Crippen LogP contribution in [0.4, 0.5) is 0 Å². The van der Waals surface area contributed by atoms with Gasteiger partial charge in [0.15, 0.2) is 19.3 Å². The van der Waals surface area contributed by atoms with Crippen molar-refractivity contribution in [2.45, 2.75) is 177 Å². The van der Waals surface area contributed by atoms with E-state index in [4.69, 9.17) is 42.6 Å². The number of benzene rings is 8. The van der Waals surface area contributed by atoms with Gasteiger partial charge in [-0.3, -0.25) is 0 Å². The van der Waals surface area contributed by atoms with Crippen molar-refractivity contribution in [1.29, 1.82) is 0 Å². The molecular formula is C86H108O15. The molecule has 8 rings (SSSR count). The maximum absolute atomic E-state index is 12.2. The predicted octanol–water partition coefficient (Wildman–Crippen LogP) is 18.9. The minimum absolute atomic E-state index is 0.0502. The summed E-state index contributed by atoms with van der Waals surface area (Å²) in [7, 11) is 2.71. The average molecular weight is 1380 g/mol. The molecule has 8 aromatic rings. The third-order valence-electron chi connectivity index (χ3n) is 15.3. The highest BCUT2D eigenvalue weighted by molar-refractivity contribution is 5.78. The molecule has 15 nitrogen and oxygen atoms in total. The van der Waals surface area contributed by atoms with Gasteiger partial charge in [-0.15, -0.1) is 0 Å². The summed E-state index contributed by atoms with van der Waals surface area (Å²) in [5.41, 5.74) is 9.16. The van der Waals surface area contributed by atoms with Gasteiger partial charge in [-0.2, -0.15) is 0 Å². The van der Waals surface area contributed by atoms with Crippen LogP contribution in [0, 0.1) is 0 Å². The van der Waals surface area contributed by atoms with Crippen molar-refractivity contribution in [2.24, 2.45) is 0 Å². The van der Waals surface area contributed by atoms with Crippen LogP contribution in [0.5, 0.6) is 28.7 Å². The lowest BCUT2D eigenvalue weighted by Crippen LogP contribution is -2.26. The molecule has 0 amide bonds. The maximum atomic E-state index is 12.2. The number of carbonyl (C=O) groups excluding carboxylic acids is 5. The lowest BCUT2D eigenvalue weighted by molar-refractivity contribution is -0.152. The van der Waals surface area contributed by atoms with Crippen molar-refractivity contribution in [3.8, 4) is 28.7 Å². The third kappa shape index (κ3) is 30.6. The molecule has 0 saturated heterocycles. The van der Waals surface area contributed by atoms with Gasteiger partial charge in [0.1, 0.15) is 35.4 Å². The Morgan fingerprint density at radius 3 is 0.911 bits per heavy atom. The highest BCUT2D eigenvalue weighted by Crippen LogP contribution is 2.32. The molecule has 0 bridgehead atoms. The van der Waals surface area contributed by atoms with Crippen LogP contribution in [-0.2, 0) is 81.3 Å². The van der Waals surface area contributed by atoms with Crippen LogP contribution >= 0.6 is 0 Å². The Hall–Kier alpha value is -9.89. The van der Waals surface area contributed by atoms with E-state index in [0.717, 1.165) is 16.7 Å². The molecule has 0 aliphatic heterocycles. The minimum Gasteiger partial charge on any atom is -0.482 e. The van der Waals surface area contributed by atoms with Crippen molar-refractivity contribution < 1.29 is 71.3 Å². The molecule has 0 aromatic heterocycles. The summed E-state index contributed by atoms with van der Waals surface area (Å²) in [6.45, 7) is 38.4. The molecule has 3 unspecified atom stereocenters. The van der Waals surface area contributed by atoms with E-state index in [1.165, 1.54) is 42.0 Å². The topological polar surface area (TPSA) is 178 Å². The van der Waals surface area contributed by atoms with Crippen LogP contribution in [0.2, 0.25) is 0 Å². The van der Waals surface area contributed by atoms with E-state index in [2.05, 4.69) is 109 Å². The molecule has 0 fully saturated rings. The molecule has 0 aliphatic rings. The second-order valence-corrected chi connectivity index (χ2v) is 28.8. The van der Waals surface area contributed by atoms with E-state index < -0.39 is 24.3 Å². The van der Waals surface area contributed by atoms with Crippen LogP contribution in [0.3, 0.4) is 0 Å². The fourth-order valence-corrected chi connectivity index (χ4v) is 9.20. The summed E-state index contributed by atoms with van der Waals surface area (Å²) in [6.07, 6.45) is -2.09. The van der Waals surface area contributed by atoms with Gasteiger partial charge in [0.05, 0.1) is 27.4 Å². The molecule has 542 valence electrons. The first-order chi connectivity index (χ1) is 47.5. The van der Waals surface area contributed by atoms with Crippen molar-refractivity contribution in [3.05, 3.63) is 257 Å². The fourth-order valence-electron chi connectivity index (χ4n) is 9.20. The molecule has 3 atom stereocenters. The van der Waals surface area contributed by atoms with Crippen LogP contribution in [0.15, 0.2) is 212 Å². The van der Waals surface area contributed by atoms with Gasteiger partial charge < -0.3 is 47.4 Å². The Morgan fingerprint density at radius 2 is 0.604 bits per heavy atom. The van der Waals surface area contributed by atoms with Crippen molar-refractivity contribution in [2.75, 3.05) is 40.6 Å². The Bertz CT molecular complexity index is 3710. The molecule has 101 heavy (non-hydrogen) atoms.